The van der Waals surface area contributed by atoms with E-state index in [1.807, 2.05) is 0 Å². The van der Waals surface area contributed by atoms with Crippen molar-refractivity contribution in [2.24, 2.45) is 0 Å². The molecule has 0 spiro atoms. The second-order valence-corrected chi connectivity index (χ2v) is 5.44. The van der Waals surface area contributed by atoms with Gasteiger partial charge in [-0.15, -0.1) is 0 Å². The molecule has 0 radical (unpaired) electrons. The highest BCUT2D eigenvalue weighted by Gasteiger charge is 2.32. The lowest BCUT2D eigenvalue weighted by Crippen LogP contribution is -2.54. The fraction of sp³-hybridized carbons (Fsp3) is 1.00. The van der Waals surface area contributed by atoms with E-state index >= 15 is 0 Å². The number of nitrogens with zero attached hydrogens (tertiary/aromatic N) is 1. The molecule has 2 atom stereocenters. The van der Waals surface area contributed by atoms with Gasteiger partial charge in [-0.05, 0) is 19.8 Å². The molecule has 1 aliphatic rings. The Balaban J connectivity index is 2.48. The second kappa shape index (κ2) is 6.66. The van der Waals surface area contributed by atoms with E-state index < -0.39 is 0 Å². The average molecular weight is 225 g/mol. The molecule has 1 rings (SSSR count). The summed E-state index contributed by atoms with van der Waals surface area (Å²) in [6.45, 7) is 10.2. The largest absolute Gasteiger partial charge is 0.385 e. The average Bonchev–Trinajstić information content (AvgIpc) is 2.29. The van der Waals surface area contributed by atoms with Gasteiger partial charge < -0.3 is 4.74 Å². The quantitative estimate of drug-likeness (QED) is 0.506. The van der Waals surface area contributed by atoms with Gasteiger partial charge in [0.1, 0.15) is 7.85 Å². The highest BCUT2D eigenvalue weighted by Crippen LogP contribution is 2.27. The number of rotatable bonds is 6. The summed E-state index contributed by atoms with van der Waals surface area (Å²) in [7, 11) is 2.19. The lowest BCUT2D eigenvalue weighted by molar-refractivity contribution is -0.0387. The van der Waals surface area contributed by atoms with E-state index in [1.165, 1.54) is 32.1 Å². The van der Waals surface area contributed by atoms with Crippen LogP contribution >= 0.6 is 0 Å². The topological polar surface area (TPSA) is 12.5 Å². The first kappa shape index (κ1) is 14.0. The van der Waals surface area contributed by atoms with Gasteiger partial charge in [0.25, 0.3) is 0 Å². The van der Waals surface area contributed by atoms with Crippen LogP contribution in [0.25, 0.3) is 0 Å². The number of ether oxygens (including phenoxy) is 1. The predicted octanol–water partition coefficient (Wildman–Crippen LogP) is 2.03. The highest BCUT2D eigenvalue weighted by atomic mass is 16.5. The third-order valence-corrected chi connectivity index (χ3v) is 4.09. The van der Waals surface area contributed by atoms with E-state index in [4.69, 9.17) is 4.74 Å². The van der Waals surface area contributed by atoms with Crippen molar-refractivity contribution in [1.82, 2.24) is 4.90 Å². The molecule has 94 valence electrons. The standard InChI is InChI=1S/C13H28BNO/c1-4-6-7-8-13(3,5-2)15-9-10-16-12(14)11-15/h12H,4-11,14H2,1-3H3. The minimum Gasteiger partial charge on any atom is -0.385 e. The second-order valence-electron chi connectivity index (χ2n) is 5.44. The highest BCUT2D eigenvalue weighted by molar-refractivity contribution is 6.11. The minimum atomic E-state index is 0.396. The van der Waals surface area contributed by atoms with Gasteiger partial charge in [0.2, 0.25) is 0 Å². The molecule has 0 aromatic rings. The molecular weight excluding hydrogens is 197 g/mol. The number of unbranched alkanes of at least 4 members (excludes halogenated alkanes) is 2. The van der Waals surface area contributed by atoms with Crippen molar-refractivity contribution in [3.05, 3.63) is 0 Å². The maximum absolute atomic E-state index is 5.63. The van der Waals surface area contributed by atoms with Crippen LogP contribution in [0.3, 0.4) is 0 Å². The van der Waals surface area contributed by atoms with Gasteiger partial charge in [-0.1, -0.05) is 33.1 Å². The van der Waals surface area contributed by atoms with Crippen LogP contribution in [0.2, 0.25) is 0 Å². The zero-order valence-corrected chi connectivity index (χ0v) is 11.6. The van der Waals surface area contributed by atoms with Crippen LogP contribution in [0.4, 0.5) is 0 Å². The Kier molecular flexibility index (Phi) is 5.84. The van der Waals surface area contributed by atoms with Gasteiger partial charge in [-0.25, -0.2) is 0 Å². The van der Waals surface area contributed by atoms with Crippen LogP contribution in [0.5, 0.6) is 0 Å². The molecule has 2 nitrogen and oxygen atoms in total. The third-order valence-electron chi connectivity index (χ3n) is 4.09. The molecule has 0 aromatic carbocycles. The molecule has 3 heteroatoms. The van der Waals surface area contributed by atoms with Crippen LogP contribution in [-0.2, 0) is 4.74 Å². The number of morpholine rings is 1. The number of hydrogen-bond acceptors (Lipinski definition) is 2. The van der Waals surface area contributed by atoms with Gasteiger partial charge in [-0.3, -0.25) is 4.90 Å². The van der Waals surface area contributed by atoms with Crippen molar-refractivity contribution < 1.29 is 4.74 Å². The zero-order chi connectivity index (χ0) is 12.0. The smallest absolute Gasteiger partial charge is 0.140 e. The summed E-state index contributed by atoms with van der Waals surface area (Å²) in [4.78, 5) is 2.65. The van der Waals surface area contributed by atoms with Crippen LogP contribution in [-0.4, -0.2) is 44.0 Å². The molecule has 0 aliphatic carbocycles. The summed E-state index contributed by atoms with van der Waals surface area (Å²) in [5, 5.41) is 0. The van der Waals surface area contributed by atoms with Crippen molar-refractivity contribution in [1.29, 1.82) is 0 Å². The molecule has 16 heavy (non-hydrogen) atoms. The Morgan fingerprint density at radius 1 is 1.38 bits per heavy atom. The zero-order valence-electron chi connectivity index (χ0n) is 11.6. The molecule has 1 heterocycles. The van der Waals surface area contributed by atoms with Crippen LogP contribution in [0, 0.1) is 0 Å². The first-order chi connectivity index (χ1) is 7.62. The molecule has 2 unspecified atom stereocenters. The maximum Gasteiger partial charge on any atom is 0.140 e. The Morgan fingerprint density at radius 3 is 2.69 bits per heavy atom. The molecular formula is C13H28BNO. The van der Waals surface area contributed by atoms with Crippen molar-refractivity contribution in [3.8, 4) is 0 Å². The summed E-state index contributed by atoms with van der Waals surface area (Å²) in [5.41, 5.74) is 0.396. The fourth-order valence-electron chi connectivity index (χ4n) is 2.62. The lowest BCUT2D eigenvalue weighted by atomic mass is 9.87. The first-order valence-electron chi connectivity index (χ1n) is 6.99. The fourth-order valence-corrected chi connectivity index (χ4v) is 2.62. The molecule has 1 aliphatic heterocycles. The van der Waals surface area contributed by atoms with E-state index in [9.17, 15) is 0 Å². The van der Waals surface area contributed by atoms with E-state index in [0.717, 1.165) is 19.7 Å². The monoisotopic (exact) mass is 225 g/mol. The molecule has 0 saturated carbocycles. The normalized spacial score (nSPS) is 26.6. The van der Waals surface area contributed by atoms with E-state index in [0.29, 0.717) is 11.5 Å². The summed E-state index contributed by atoms with van der Waals surface area (Å²) >= 11 is 0. The SMILES string of the molecule is BC1CN(C(C)(CC)CCCCC)CCO1. The first-order valence-corrected chi connectivity index (χ1v) is 6.99. The Hall–Kier alpha value is -0.0151. The molecule has 0 N–H and O–H groups in total. The molecule has 0 amide bonds. The van der Waals surface area contributed by atoms with Gasteiger partial charge in [-0.2, -0.15) is 0 Å². The third kappa shape index (κ3) is 3.78. The Morgan fingerprint density at radius 2 is 2.12 bits per heavy atom. The Bertz CT molecular complexity index is 200. The van der Waals surface area contributed by atoms with Gasteiger partial charge in [0, 0.05) is 24.6 Å². The van der Waals surface area contributed by atoms with Crippen molar-refractivity contribution in [3.63, 3.8) is 0 Å². The molecule has 1 fully saturated rings. The van der Waals surface area contributed by atoms with Crippen LogP contribution < -0.4 is 0 Å². The maximum atomic E-state index is 5.63. The van der Waals surface area contributed by atoms with Crippen molar-refractivity contribution in [2.45, 2.75) is 64.4 Å². The van der Waals surface area contributed by atoms with E-state index in [-0.39, 0.29) is 0 Å². The van der Waals surface area contributed by atoms with Gasteiger partial charge in [0.15, 0.2) is 0 Å². The number of hydrogen-bond donors (Lipinski definition) is 0. The van der Waals surface area contributed by atoms with Gasteiger partial charge in [0.05, 0.1) is 6.61 Å². The predicted molar refractivity (Wildman–Crippen MR) is 72.7 cm³/mol. The molecule has 0 bridgehead atoms. The molecule has 0 aromatic heterocycles. The van der Waals surface area contributed by atoms with Gasteiger partial charge >= 0.3 is 0 Å². The Labute approximate surface area is 102 Å². The summed E-state index contributed by atoms with van der Waals surface area (Å²) in [6.07, 6.45) is 6.65. The summed E-state index contributed by atoms with van der Waals surface area (Å²) in [5.74, 6) is 0. The van der Waals surface area contributed by atoms with E-state index in [1.54, 1.807) is 0 Å². The van der Waals surface area contributed by atoms with Crippen molar-refractivity contribution in [2.75, 3.05) is 19.7 Å². The lowest BCUT2D eigenvalue weighted by Gasteiger charge is -2.45. The van der Waals surface area contributed by atoms with E-state index in [2.05, 4.69) is 33.5 Å². The van der Waals surface area contributed by atoms with Crippen molar-refractivity contribution >= 4 is 7.85 Å². The summed E-state index contributed by atoms with van der Waals surface area (Å²) in [6, 6.07) is 0.408. The minimum absolute atomic E-state index is 0.396. The van der Waals surface area contributed by atoms with Crippen LogP contribution in [0.15, 0.2) is 0 Å². The summed E-state index contributed by atoms with van der Waals surface area (Å²) < 4.78 is 5.63. The molecule has 1 saturated heterocycles. The van der Waals surface area contributed by atoms with Crippen LogP contribution in [0.1, 0.15) is 52.9 Å².